The Balaban J connectivity index is 1.91. The number of nitrogens with zero attached hydrogens (tertiary/aromatic N) is 2. The molecule has 2 rings (SSSR count). The van der Waals surface area contributed by atoms with Crippen molar-refractivity contribution in [2.24, 2.45) is 5.73 Å². The lowest BCUT2D eigenvalue weighted by molar-refractivity contribution is 0.166. The summed E-state index contributed by atoms with van der Waals surface area (Å²) >= 11 is 0. The van der Waals surface area contributed by atoms with Crippen molar-refractivity contribution in [3.8, 4) is 0 Å². The molecule has 0 aliphatic heterocycles. The van der Waals surface area contributed by atoms with Crippen LogP contribution in [0.3, 0.4) is 0 Å². The first-order valence-corrected chi connectivity index (χ1v) is 5.90. The molecule has 0 amide bonds. The van der Waals surface area contributed by atoms with E-state index in [1.165, 1.54) is 5.56 Å². The second kappa shape index (κ2) is 6.28. The van der Waals surface area contributed by atoms with Crippen LogP contribution in [0.15, 0.2) is 34.9 Å². The maximum absolute atomic E-state index is 5.80. The molecule has 0 bridgehead atoms. The number of aryl methyl sites for hydroxylation is 2. The van der Waals surface area contributed by atoms with Crippen LogP contribution in [0.4, 0.5) is 0 Å². The summed E-state index contributed by atoms with van der Waals surface area (Å²) in [7, 11) is 1.59. The maximum atomic E-state index is 5.80. The number of hydrogen-bond donors (Lipinski definition) is 1. The Hall–Kier alpha value is -1.72. The van der Waals surface area contributed by atoms with Gasteiger partial charge in [0.25, 0.3) is 0 Å². The van der Waals surface area contributed by atoms with E-state index in [0.717, 1.165) is 12.8 Å². The van der Waals surface area contributed by atoms with Crippen LogP contribution in [0.25, 0.3) is 0 Å². The Kier molecular flexibility index (Phi) is 4.44. The average Bonchev–Trinajstić information content (AvgIpc) is 2.87. The molecule has 1 heterocycles. The van der Waals surface area contributed by atoms with Gasteiger partial charge in [0.15, 0.2) is 5.82 Å². The number of ether oxygens (including phenoxy) is 1. The third kappa shape index (κ3) is 3.38. The number of nitrogens with two attached hydrogens (primary N) is 1. The van der Waals surface area contributed by atoms with Crippen LogP contribution in [0.2, 0.25) is 0 Å². The molecule has 5 nitrogen and oxygen atoms in total. The molecule has 0 saturated heterocycles. The number of methoxy groups -OCH3 is 1. The molecule has 5 heteroatoms. The van der Waals surface area contributed by atoms with Gasteiger partial charge in [0.2, 0.25) is 5.89 Å². The lowest BCUT2D eigenvalue weighted by Crippen LogP contribution is -2.16. The first-order chi connectivity index (χ1) is 8.79. The zero-order valence-electron chi connectivity index (χ0n) is 10.4. The minimum Gasteiger partial charge on any atom is -0.383 e. The molecule has 0 radical (unpaired) electrons. The molecule has 96 valence electrons. The van der Waals surface area contributed by atoms with E-state index in [1.54, 1.807) is 7.11 Å². The number of benzene rings is 1. The van der Waals surface area contributed by atoms with Crippen molar-refractivity contribution in [3.63, 3.8) is 0 Å². The highest BCUT2D eigenvalue weighted by Gasteiger charge is 2.14. The van der Waals surface area contributed by atoms with Gasteiger partial charge in [0.05, 0.1) is 6.61 Å². The lowest BCUT2D eigenvalue weighted by atomic mass is 10.1. The molecule has 0 spiro atoms. The fourth-order valence-electron chi connectivity index (χ4n) is 1.67. The average molecular weight is 247 g/mol. The predicted molar refractivity (Wildman–Crippen MR) is 67.0 cm³/mol. The topological polar surface area (TPSA) is 74.2 Å². The van der Waals surface area contributed by atoms with Crippen LogP contribution < -0.4 is 5.73 Å². The van der Waals surface area contributed by atoms with E-state index in [-0.39, 0.29) is 6.04 Å². The molecular formula is C13H17N3O2. The summed E-state index contributed by atoms with van der Waals surface area (Å²) < 4.78 is 10.0. The summed E-state index contributed by atoms with van der Waals surface area (Å²) in [6.45, 7) is 0.375. The minimum atomic E-state index is -0.354. The Morgan fingerprint density at radius 3 is 2.78 bits per heavy atom. The van der Waals surface area contributed by atoms with E-state index in [2.05, 4.69) is 22.3 Å². The van der Waals surface area contributed by atoms with E-state index in [9.17, 15) is 0 Å². The predicted octanol–water partition coefficient (Wildman–Crippen LogP) is 1.50. The molecule has 1 aromatic carbocycles. The highest BCUT2D eigenvalue weighted by molar-refractivity contribution is 5.15. The highest BCUT2D eigenvalue weighted by Crippen LogP contribution is 2.09. The first kappa shape index (κ1) is 12.7. The summed E-state index contributed by atoms with van der Waals surface area (Å²) in [5.41, 5.74) is 7.06. The van der Waals surface area contributed by atoms with Crippen molar-refractivity contribution in [1.29, 1.82) is 0 Å². The Labute approximate surface area is 106 Å². The normalized spacial score (nSPS) is 12.6. The SMILES string of the molecule is COCC(N)c1nc(CCc2ccccc2)no1. The molecule has 0 aliphatic carbocycles. The largest absolute Gasteiger partial charge is 0.383 e. The van der Waals surface area contributed by atoms with Crippen LogP contribution in [0.1, 0.15) is 23.3 Å². The third-order valence-electron chi connectivity index (χ3n) is 2.63. The summed E-state index contributed by atoms with van der Waals surface area (Å²) in [4.78, 5) is 4.26. The van der Waals surface area contributed by atoms with Crippen LogP contribution >= 0.6 is 0 Å². The highest BCUT2D eigenvalue weighted by atomic mass is 16.5. The lowest BCUT2D eigenvalue weighted by Gasteiger charge is -2.02. The molecule has 2 N–H and O–H groups in total. The molecule has 1 aromatic heterocycles. The van der Waals surface area contributed by atoms with Crippen molar-refractivity contribution in [2.45, 2.75) is 18.9 Å². The van der Waals surface area contributed by atoms with Gasteiger partial charge in [-0.25, -0.2) is 0 Å². The van der Waals surface area contributed by atoms with Crippen LogP contribution in [-0.2, 0) is 17.6 Å². The van der Waals surface area contributed by atoms with Crippen LogP contribution in [0, 0.1) is 0 Å². The van der Waals surface area contributed by atoms with E-state index >= 15 is 0 Å². The zero-order chi connectivity index (χ0) is 12.8. The summed E-state index contributed by atoms with van der Waals surface area (Å²) in [6, 6.07) is 9.85. The van der Waals surface area contributed by atoms with Gasteiger partial charge >= 0.3 is 0 Å². The molecule has 0 fully saturated rings. The number of rotatable bonds is 6. The van der Waals surface area contributed by atoms with Gasteiger partial charge < -0.3 is 15.0 Å². The van der Waals surface area contributed by atoms with E-state index in [0.29, 0.717) is 18.3 Å². The zero-order valence-corrected chi connectivity index (χ0v) is 10.4. The molecule has 1 atom stereocenters. The van der Waals surface area contributed by atoms with Gasteiger partial charge in [0.1, 0.15) is 6.04 Å². The van der Waals surface area contributed by atoms with Crippen LogP contribution in [0.5, 0.6) is 0 Å². The van der Waals surface area contributed by atoms with Gasteiger partial charge in [-0.15, -0.1) is 0 Å². The van der Waals surface area contributed by atoms with Crippen molar-refractivity contribution in [2.75, 3.05) is 13.7 Å². The molecule has 1 unspecified atom stereocenters. The van der Waals surface area contributed by atoms with E-state index in [1.807, 2.05) is 18.2 Å². The molecule has 0 aliphatic rings. The molecule has 2 aromatic rings. The fraction of sp³-hybridized carbons (Fsp3) is 0.385. The summed E-state index contributed by atoms with van der Waals surface area (Å²) in [6.07, 6.45) is 1.63. The van der Waals surface area contributed by atoms with Crippen molar-refractivity contribution < 1.29 is 9.26 Å². The standard InChI is InChI=1S/C13H17N3O2/c1-17-9-11(14)13-15-12(16-18-13)8-7-10-5-3-2-4-6-10/h2-6,11H,7-9,14H2,1H3. The van der Waals surface area contributed by atoms with Crippen molar-refractivity contribution >= 4 is 0 Å². The Morgan fingerprint density at radius 1 is 1.28 bits per heavy atom. The molecule has 0 saturated carbocycles. The Bertz CT molecular complexity index is 470. The van der Waals surface area contributed by atoms with E-state index < -0.39 is 0 Å². The van der Waals surface area contributed by atoms with Gasteiger partial charge in [-0.2, -0.15) is 4.98 Å². The molecular weight excluding hydrogens is 230 g/mol. The third-order valence-corrected chi connectivity index (χ3v) is 2.63. The Morgan fingerprint density at radius 2 is 2.06 bits per heavy atom. The quantitative estimate of drug-likeness (QED) is 0.837. The second-order valence-electron chi connectivity index (χ2n) is 4.10. The fourth-order valence-corrected chi connectivity index (χ4v) is 1.67. The minimum absolute atomic E-state index is 0.354. The smallest absolute Gasteiger partial charge is 0.245 e. The maximum Gasteiger partial charge on any atom is 0.245 e. The first-order valence-electron chi connectivity index (χ1n) is 5.90. The van der Waals surface area contributed by atoms with Crippen LogP contribution in [-0.4, -0.2) is 23.9 Å². The van der Waals surface area contributed by atoms with Gasteiger partial charge in [-0.3, -0.25) is 0 Å². The summed E-state index contributed by atoms with van der Waals surface area (Å²) in [5, 5.41) is 3.91. The van der Waals surface area contributed by atoms with Crippen molar-refractivity contribution in [3.05, 3.63) is 47.6 Å². The number of hydrogen-bond acceptors (Lipinski definition) is 5. The monoisotopic (exact) mass is 247 g/mol. The van der Waals surface area contributed by atoms with E-state index in [4.69, 9.17) is 15.0 Å². The second-order valence-corrected chi connectivity index (χ2v) is 4.10. The van der Waals surface area contributed by atoms with Crippen molar-refractivity contribution in [1.82, 2.24) is 10.1 Å². The van der Waals surface area contributed by atoms with Gasteiger partial charge in [-0.1, -0.05) is 35.5 Å². The number of aromatic nitrogens is 2. The summed E-state index contributed by atoms with van der Waals surface area (Å²) in [5.74, 6) is 1.11. The molecule has 18 heavy (non-hydrogen) atoms. The van der Waals surface area contributed by atoms with Gasteiger partial charge in [0, 0.05) is 13.5 Å². The van der Waals surface area contributed by atoms with Gasteiger partial charge in [-0.05, 0) is 12.0 Å².